The normalized spacial score (nSPS) is 15.8. The van der Waals surface area contributed by atoms with Gasteiger partial charge in [-0.1, -0.05) is 196 Å². The predicted molar refractivity (Wildman–Crippen MR) is 294 cm³/mol. The third-order valence-electron chi connectivity index (χ3n) is 17.2. The van der Waals surface area contributed by atoms with Crippen LogP contribution in [0.2, 0.25) is 0 Å². The number of hydrogen-bond acceptors (Lipinski definition) is 2. The maximum Gasteiger partial charge on any atom is 0.247 e. The van der Waals surface area contributed by atoms with Gasteiger partial charge in [0.05, 0.1) is 22.7 Å². The Morgan fingerprint density at radius 3 is 1.29 bits per heavy atom. The summed E-state index contributed by atoms with van der Waals surface area (Å²) in [6, 6.07) is 50.6. The van der Waals surface area contributed by atoms with Crippen LogP contribution in [0.1, 0.15) is 110 Å². The van der Waals surface area contributed by atoms with Crippen molar-refractivity contribution in [3.63, 3.8) is 0 Å². The molecule has 8 aromatic rings. The van der Waals surface area contributed by atoms with Crippen molar-refractivity contribution in [1.82, 2.24) is 0 Å². The molecular weight excluding hydrogens is 818 g/mol. The van der Waals surface area contributed by atoms with E-state index in [2.05, 4.69) is 227 Å². The Morgan fingerprint density at radius 2 is 0.824 bits per heavy atom. The zero-order chi connectivity index (χ0) is 47.2. The first kappa shape index (κ1) is 41.7. The van der Waals surface area contributed by atoms with Gasteiger partial charge in [-0.05, 0) is 143 Å². The Balaban J connectivity index is 1.15. The zero-order valence-corrected chi connectivity index (χ0v) is 42.2. The third kappa shape index (κ3) is 5.22. The fourth-order valence-electron chi connectivity index (χ4n) is 14.6. The Bertz CT molecular complexity index is 3550. The van der Waals surface area contributed by atoms with E-state index in [9.17, 15) is 0 Å². The van der Waals surface area contributed by atoms with Crippen molar-refractivity contribution in [1.29, 1.82) is 0 Å². The minimum absolute atomic E-state index is 0.0236. The number of para-hydroxylation sites is 2. The molecule has 0 amide bonds. The number of rotatable bonds is 2. The highest BCUT2D eigenvalue weighted by atomic mass is 15.3. The molecule has 3 heterocycles. The van der Waals surface area contributed by atoms with E-state index >= 15 is 0 Å². The van der Waals surface area contributed by atoms with Gasteiger partial charge in [0.2, 0.25) is 13.4 Å². The van der Waals surface area contributed by atoms with Gasteiger partial charge in [0.25, 0.3) is 0 Å². The molecule has 5 aliphatic rings. The lowest BCUT2D eigenvalue weighted by Gasteiger charge is -2.50. The van der Waals surface area contributed by atoms with Crippen LogP contribution in [0, 0.1) is 41.5 Å². The molecule has 3 aliphatic heterocycles. The van der Waals surface area contributed by atoms with Gasteiger partial charge in [-0.25, -0.2) is 0 Å². The highest BCUT2D eigenvalue weighted by molar-refractivity contribution is 7.00. The van der Waals surface area contributed by atoms with Crippen LogP contribution in [0.15, 0.2) is 127 Å². The van der Waals surface area contributed by atoms with Crippen molar-refractivity contribution in [3.05, 3.63) is 189 Å². The SMILES string of the molecule is Cc1cc(C)c(B2c3cccc4c3N(c3ccc5c(c32)C(C)(C)c2ccccc2-5)c2cccc3c2N4c2ccc4c(c2B3c2c(C)cc(C)cc2C)C(C)(C)c2cc(C(C)(C)C)ccc2-4)c(C)c1. The number of hydrogen-bond donors (Lipinski definition) is 0. The Labute approximate surface area is 405 Å². The van der Waals surface area contributed by atoms with Crippen LogP contribution in [0.3, 0.4) is 0 Å². The fraction of sp³-hybridized carbons (Fsp3) is 0.250. The number of nitrogens with zero attached hydrogens (tertiary/aromatic N) is 2. The van der Waals surface area contributed by atoms with Crippen molar-refractivity contribution in [2.24, 2.45) is 0 Å². The third-order valence-corrected chi connectivity index (χ3v) is 17.2. The Kier molecular flexibility index (Phi) is 8.33. The van der Waals surface area contributed by atoms with Gasteiger partial charge >= 0.3 is 0 Å². The molecule has 0 atom stereocenters. The standard InChI is InChI=1S/C64H60B2N2/c1-35-30-37(3)56(38(4)31-35)65-48-20-16-23-53-60(48)67(50-28-26-44-42-18-14-15-19-46(42)63(10,11)54(44)58(50)65)52-22-17-21-49-61(52)68(53)51-29-27-45-43-25-24-41(62(7,8)9)34-47(43)64(12,13)55(45)59(51)66(49)57-39(5)32-36(2)33-40(57)6/h14-34H,1-13H3. The van der Waals surface area contributed by atoms with Gasteiger partial charge in [0.15, 0.2) is 0 Å². The van der Waals surface area contributed by atoms with E-state index < -0.39 is 0 Å². The molecule has 68 heavy (non-hydrogen) atoms. The maximum atomic E-state index is 2.70. The number of benzene rings is 8. The minimum atomic E-state index is -0.232. The molecule has 0 radical (unpaired) electrons. The van der Waals surface area contributed by atoms with Crippen LogP contribution in [0.5, 0.6) is 0 Å². The monoisotopic (exact) mass is 878 g/mol. The average molecular weight is 879 g/mol. The second-order valence-corrected chi connectivity index (χ2v) is 23.2. The molecule has 2 nitrogen and oxygen atoms in total. The lowest BCUT2D eigenvalue weighted by atomic mass is 9.31. The second-order valence-electron chi connectivity index (χ2n) is 23.2. The summed E-state index contributed by atoms with van der Waals surface area (Å²) in [6.07, 6.45) is 0. The highest BCUT2D eigenvalue weighted by Gasteiger charge is 2.52. The van der Waals surface area contributed by atoms with Crippen LogP contribution in [-0.4, -0.2) is 13.4 Å². The molecular formula is C64H60B2N2. The maximum absolute atomic E-state index is 2.70. The summed E-state index contributed by atoms with van der Waals surface area (Å²) in [5.74, 6) is 0. The van der Waals surface area contributed by atoms with Crippen molar-refractivity contribution >= 4 is 80.3 Å². The van der Waals surface area contributed by atoms with Crippen molar-refractivity contribution < 1.29 is 0 Å². The summed E-state index contributed by atoms with van der Waals surface area (Å²) < 4.78 is 0. The first-order valence-electron chi connectivity index (χ1n) is 25.0. The molecule has 332 valence electrons. The van der Waals surface area contributed by atoms with E-state index in [0.717, 1.165) is 0 Å². The summed E-state index contributed by atoms with van der Waals surface area (Å²) in [6.45, 7) is 30.9. The summed E-state index contributed by atoms with van der Waals surface area (Å²) in [7, 11) is 0. The number of fused-ring (bicyclic) bond motifs is 14. The zero-order valence-electron chi connectivity index (χ0n) is 42.2. The molecule has 0 saturated carbocycles. The Hall–Kier alpha value is -6.51. The second kappa shape index (κ2) is 13.6. The molecule has 0 bridgehead atoms. The summed E-state index contributed by atoms with van der Waals surface area (Å²) >= 11 is 0. The average Bonchev–Trinajstić information content (AvgIpc) is 3.66. The topological polar surface area (TPSA) is 6.48 Å². The highest BCUT2D eigenvalue weighted by Crippen LogP contribution is 2.59. The smallest absolute Gasteiger partial charge is 0.247 e. The summed E-state index contributed by atoms with van der Waals surface area (Å²) in [4.78, 5) is 5.40. The van der Waals surface area contributed by atoms with Crippen LogP contribution < -0.4 is 42.6 Å². The van der Waals surface area contributed by atoms with Gasteiger partial charge in [0.1, 0.15) is 0 Å². The molecule has 0 N–H and O–H groups in total. The van der Waals surface area contributed by atoms with Gasteiger partial charge < -0.3 is 9.80 Å². The molecule has 0 unspecified atom stereocenters. The van der Waals surface area contributed by atoms with E-state index in [1.54, 1.807) is 0 Å². The largest absolute Gasteiger partial charge is 0.307 e. The molecule has 4 heteroatoms. The van der Waals surface area contributed by atoms with E-state index in [1.165, 1.54) is 150 Å². The molecule has 13 rings (SSSR count). The van der Waals surface area contributed by atoms with Gasteiger partial charge in [0, 0.05) is 22.2 Å². The lowest BCUT2D eigenvalue weighted by molar-refractivity contribution is 0.585. The van der Waals surface area contributed by atoms with Crippen LogP contribution in [0.25, 0.3) is 22.3 Å². The lowest BCUT2D eigenvalue weighted by Crippen LogP contribution is -2.63. The van der Waals surface area contributed by atoms with E-state index in [-0.39, 0.29) is 29.7 Å². The van der Waals surface area contributed by atoms with E-state index in [0.29, 0.717) is 0 Å². The van der Waals surface area contributed by atoms with Crippen LogP contribution in [0.4, 0.5) is 34.1 Å². The fourth-order valence-corrected chi connectivity index (χ4v) is 14.6. The minimum Gasteiger partial charge on any atom is -0.307 e. The van der Waals surface area contributed by atoms with Crippen LogP contribution in [-0.2, 0) is 16.2 Å². The number of aryl methyl sites for hydroxylation is 6. The first-order chi connectivity index (χ1) is 32.4. The van der Waals surface area contributed by atoms with Gasteiger partial charge in [-0.15, -0.1) is 0 Å². The summed E-state index contributed by atoms with van der Waals surface area (Å²) in [5.41, 5.74) is 36.5. The van der Waals surface area contributed by atoms with Gasteiger partial charge in [-0.2, -0.15) is 0 Å². The van der Waals surface area contributed by atoms with Crippen LogP contribution >= 0.6 is 0 Å². The molecule has 0 fully saturated rings. The first-order valence-corrected chi connectivity index (χ1v) is 25.0. The Morgan fingerprint density at radius 1 is 0.397 bits per heavy atom. The van der Waals surface area contributed by atoms with E-state index in [4.69, 9.17) is 0 Å². The molecule has 0 aromatic heterocycles. The number of anilines is 6. The summed E-state index contributed by atoms with van der Waals surface area (Å²) in [5, 5.41) is 0. The molecule has 2 aliphatic carbocycles. The molecule has 0 spiro atoms. The van der Waals surface area contributed by atoms with E-state index in [1.807, 2.05) is 0 Å². The van der Waals surface area contributed by atoms with Crippen molar-refractivity contribution in [3.8, 4) is 22.3 Å². The van der Waals surface area contributed by atoms with Crippen molar-refractivity contribution in [2.45, 2.75) is 106 Å². The quantitative estimate of drug-likeness (QED) is 0.160. The van der Waals surface area contributed by atoms with Gasteiger partial charge in [-0.3, -0.25) is 0 Å². The molecule has 0 saturated heterocycles. The predicted octanol–water partition coefficient (Wildman–Crippen LogP) is 12.4. The molecule has 8 aromatic carbocycles. The van der Waals surface area contributed by atoms with Crippen molar-refractivity contribution in [2.75, 3.05) is 9.80 Å².